The number of hydrogen-bond acceptors (Lipinski definition) is 5. The molecule has 0 unspecified atom stereocenters. The van der Waals surface area contributed by atoms with Crippen molar-refractivity contribution in [2.24, 2.45) is 5.73 Å². The first-order valence-corrected chi connectivity index (χ1v) is 9.46. The van der Waals surface area contributed by atoms with Crippen LogP contribution in [0.1, 0.15) is 17.0 Å². The Hall–Kier alpha value is -3.31. The summed E-state index contributed by atoms with van der Waals surface area (Å²) in [6.07, 6.45) is 0. The number of para-hydroxylation sites is 1. The summed E-state index contributed by atoms with van der Waals surface area (Å²) in [6, 6.07) is 14.1. The Bertz CT molecular complexity index is 1160. The van der Waals surface area contributed by atoms with Crippen molar-refractivity contribution in [3.8, 4) is 6.07 Å². The number of anilines is 1. The molecule has 136 valence electrons. The molecule has 2 N–H and O–H groups in total. The Morgan fingerprint density at radius 1 is 1.19 bits per heavy atom. The molecule has 4 rings (SSSR count). The van der Waals surface area contributed by atoms with E-state index in [0.717, 1.165) is 4.31 Å². The largest absolute Gasteiger partial charge is 0.439 e. The van der Waals surface area contributed by atoms with Crippen molar-refractivity contribution >= 4 is 21.5 Å². The van der Waals surface area contributed by atoms with Crippen molar-refractivity contribution in [2.45, 2.75) is 5.92 Å². The van der Waals surface area contributed by atoms with E-state index in [1.54, 1.807) is 24.3 Å². The topological polar surface area (TPSA) is 96.4 Å². The van der Waals surface area contributed by atoms with E-state index in [1.165, 1.54) is 31.3 Å². The molecule has 0 radical (unpaired) electrons. The Labute approximate surface area is 155 Å². The van der Waals surface area contributed by atoms with Gasteiger partial charge in [0, 0.05) is 12.6 Å². The van der Waals surface area contributed by atoms with Gasteiger partial charge in [-0.3, -0.25) is 4.31 Å². The summed E-state index contributed by atoms with van der Waals surface area (Å²) in [5, 5.41) is 9.60. The zero-order chi connectivity index (χ0) is 19.3. The molecule has 2 aromatic rings. The summed E-state index contributed by atoms with van der Waals surface area (Å²) in [6.45, 7) is 0. The van der Waals surface area contributed by atoms with E-state index in [-0.39, 0.29) is 22.1 Å². The number of nitriles is 1. The van der Waals surface area contributed by atoms with Crippen LogP contribution >= 0.6 is 0 Å². The van der Waals surface area contributed by atoms with Gasteiger partial charge in [-0.1, -0.05) is 24.3 Å². The van der Waals surface area contributed by atoms with Gasteiger partial charge in [0.2, 0.25) is 5.88 Å². The third-order valence-corrected chi connectivity index (χ3v) is 6.60. The minimum atomic E-state index is -4.00. The number of rotatable bonds is 1. The number of benzene rings is 2. The lowest BCUT2D eigenvalue weighted by Crippen LogP contribution is -2.37. The van der Waals surface area contributed by atoms with Crippen LogP contribution in [0.5, 0.6) is 0 Å². The first-order chi connectivity index (χ1) is 12.9. The number of allylic oxidation sites excluding steroid dienone is 2. The number of nitrogens with zero attached hydrogens (tertiary/aromatic N) is 2. The molecule has 0 spiro atoms. The number of ether oxygens (including phenoxy) is 1. The first-order valence-electron chi connectivity index (χ1n) is 8.02. The Kier molecular flexibility index (Phi) is 3.71. The molecule has 27 heavy (non-hydrogen) atoms. The highest BCUT2D eigenvalue weighted by molar-refractivity contribution is 7.96. The van der Waals surface area contributed by atoms with Crippen LogP contribution in [0, 0.1) is 17.1 Å². The molecule has 8 heteroatoms. The quantitative estimate of drug-likeness (QED) is 0.817. The van der Waals surface area contributed by atoms with Gasteiger partial charge in [0.1, 0.15) is 22.4 Å². The molecule has 2 aliphatic heterocycles. The van der Waals surface area contributed by atoms with Crippen molar-refractivity contribution in [1.29, 1.82) is 5.26 Å². The molecule has 6 nitrogen and oxygen atoms in total. The Morgan fingerprint density at radius 3 is 2.52 bits per heavy atom. The highest BCUT2D eigenvalue weighted by Crippen LogP contribution is 2.50. The molecule has 0 amide bonds. The third-order valence-electron chi connectivity index (χ3n) is 4.70. The van der Waals surface area contributed by atoms with E-state index in [9.17, 15) is 18.1 Å². The SMILES string of the molecule is CN1c2ccccc2C2=C([C@@H](c3ccc(F)cc3)C(C#N)=C(N)O2)S1(=O)=O. The molecule has 2 aromatic carbocycles. The van der Waals surface area contributed by atoms with Gasteiger partial charge in [0.05, 0.1) is 11.6 Å². The summed E-state index contributed by atoms with van der Waals surface area (Å²) in [5.74, 6) is -1.53. The van der Waals surface area contributed by atoms with Crippen molar-refractivity contribution in [1.82, 2.24) is 0 Å². The molecule has 1 atom stereocenters. The predicted molar refractivity (Wildman–Crippen MR) is 97.7 cm³/mol. The van der Waals surface area contributed by atoms with Gasteiger partial charge in [-0.25, -0.2) is 12.8 Å². The Morgan fingerprint density at radius 2 is 1.85 bits per heavy atom. The van der Waals surface area contributed by atoms with Gasteiger partial charge < -0.3 is 10.5 Å². The highest BCUT2D eigenvalue weighted by Gasteiger charge is 2.46. The fraction of sp³-hybridized carbons (Fsp3) is 0.105. The molecule has 0 fully saturated rings. The standard InChI is InChI=1S/C19H14FN3O3S/c1-23-15-5-3-2-4-13(15)17-18(27(23,24)25)16(14(10-21)19(22)26-17)11-6-8-12(20)9-7-11/h2-9,16H,22H2,1H3/t16-/m0/s1. The van der Waals surface area contributed by atoms with Crippen molar-refractivity contribution in [3.63, 3.8) is 0 Å². The van der Waals surface area contributed by atoms with Crippen molar-refractivity contribution in [2.75, 3.05) is 11.4 Å². The lowest BCUT2D eigenvalue weighted by atomic mass is 9.88. The van der Waals surface area contributed by atoms with Crippen LogP contribution in [-0.4, -0.2) is 15.5 Å². The minimum absolute atomic E-state index is 0.0308. The molecule has 0 saturated carbocycles. The molecule has 0 aromatic heterocycles. The normalized spacial score (nSPS) is 20.5. The number of nitrogens with two attached hydrogens (primary N) is 1. The van der Waals surface area contributed by atoms with Crippen LogP contribution in [0.3, 0.4) is 0 Å². The smallest absolute Gasteiger partial charge is 0.264 e. The second-order valence-electron chi connectivity index (χ2n) is 6.16. The Balaban J connectivity index is 2.07. The maximum absolute atomic E-state index is 13.4. The lowest BCUT2D eigenvalue weighted by Gasteiger charge is -2.36. The fourth-order valence-electron chi connectivity index (χ4n) is 3.38. The summed E-state index contributed by atoms with van der Waals surface area (Å²) in [5.41, 5.74) is 7.35. The zero-order valence-corrected chi connectivity index (χ0v) is 15.0. The monoisotopic (exact) mass is 383 g/mol. The average Bonchev–Trinajstić information content (AvgIpc) is 2.66. The molecule has 0 aliphatic carbocycles. The second-order valence-corrected chi connectivity index (χ2v) is 8.10. The number of fused-ring (bicyclic) bond motifs is 2. The minimum Gasteiger partial charge on any atom is -0.439 e. The van der Waals surface area contributed by atoms with E-state index in [4.69, 9.17) is 10.5 Å². The number of sulfonamides is 1. The summed E-state index contributed by atoms with van der Waals surface area (Å²) in [7, 11) is -2.56. The number of halogens is 1. The maximum Gasteiger partial charge on any atom is 0.264 e. The highest BCUT2D eigenvalue weighted by atomic mass is 32.2. The number of hydrogen-bond donors (Lipinski definition) is 1. The lowest BCUT2D eigenvalue weighted by molar-refractivity contribution is 0.357. The van der Waals surface area contributed by atoms with Gasteiger partial charge in [-0.15, -0.1) is 0 Å². The van der Waals surface area contributed by atoms with Crippen LogP contribution < -0.4 is 10.0 Å². The van der Waals surface area contributed by atoms with Gasteiger partial charge in [-0.05, 0) is 29.8 Å². The van der Waals surface area contributed by atoms with Gasteiger partial charge in [0.25, 0.3) is 10.0 Å². The second kappa shape index (κ2) is 5.86. The van der Waals surface area contributed by atoms with E-state index < -0.39 is 21.8 Å². The van der Waals surface area contributed by atoms with E-state index >= 15 is 0 Å². The third kappa shape index (κ3) is 2.39. The summed E-state index contributed by atoms with van der Waals surface area (Å²) in [4.78, 5) is -0.0824. The van der Waals surface area contributed by atoms with Gasteiger partial charge in [-0.2, -0.15) is 5.26 Å². The maximum atomic E-state index is 13.4. The van der Waals surface area contributed by atoms with Gasteiger partial charge >= 0.3 is 0 Å². The average molecular weight is 383 g/mol. The molecular formula is C19H14FN3O3S. The summed E-state index contributed by atoms with van der Waals surface area (Å²) < 4.78 is 46.7. The van der Waals surface area contributed by atoms with Crippen molar-refractivity contribution < 1.29 is 17.5 Å². The first kappa shape index (κ1) is 17.1. The molecule has 0 saturated heterocycles. The molecule has 2 aliphatic rings. The van der Waals surface area contributed by atoms with Crippen LogP contribution in [0.2, 0.25) is 0 Å². The molecular weight excluding hydrogens is 369 g/mol. The molecule has 0 bridgehead atoms. The predicted octanol–water partition coefficient (Wildman–Crippen LogP) is 2.78. The fourth-order valence-corrected chi connectivity index (χ4v) is 5.03. The van der Waals surface area contributed by atoms with E-state index in [1.807, 2.05) is 6.07 Å². The van der Waals surface area contributed by atoms with Crippen molar-refractivity contribution in [3.05, 3.63) is 81.8 Å². The van der Waals surface area contributed by atoms with Crippen LogP contribution in [-0.2, 0) is 14.8 Å². The van der Waals surface area contributed by atoms with Gasteiger partial charge in [0.15, 0.2) is 5.76 Å². The summed E-state index contributed by atoms with van der Waals surface area (Å²) >= 11 is 0. The zero-order valence-electron chi connectivity index (χ0n) is 14.2. The van der Waals surface area contributed by atoms with E-state index in [0.29, 0.717) is 16.8 Å². The van der Waals surface area contributed by atoms with E-state index in [2.05, 4.69) is 0 Å². The van der Waals surface area contributed by atoms with Crippen LogP contribution in [0.25, 0.3) is 5.76 Å². The van der Waals surface area contributed by atoms with Crippen LogP contribution in [0.15, 0.2) is 64.9 Å². The van der Waals surface area contributed by atoms with Crippen LogP contribution in [0.4, 0.5) is 10.1 Å². The molecule has 2 heterocycles.